The summed E-state index contributed by atoms with van der Waals surface area (Å²) in [6.07, 6.45) is 4.37. The van der Waals surface area contributed by atoms with E-state index in [1.165, 1.54) is 18.6 Å². The Morgan fingerprint density at radius 3 is 2.69 bits per heavy atom. The van der Waals surface area contributed by atoms with Gasteiger partial charge in [0.2, 0.25) is 0 Å². The molecule has 0 aromatic carbocycles. The molecule has 2 nitrogen and oxygen atoms in total. The Morgan fingerprint density at radius 1 is 1.38 bits per heavy atom. The van der Waals surface area contributed by atoms with Gasteiger partial charge in [0.25, 0.3) is 0 Å². The monoisotopic (exact) mass is 203 g/mol. The Balaban J connectivity index is 1.98. The van der Waals surface area contributed by atoms with E-state index in [0.717, 1.165) is 31.7 Å². The molecule has 0 radical (unpaired) electrons. The molecule has 0 saturated heterocycles. The van der Waals surface area contributed by atoms with Crippen LogP contribution in [0, 0.1) is 0 Å². The molecule has 0 unspecified atom stereocenters. The van der Waals surface area contributed by atoms with Crippen LogP contribution < -0.4 is 5.32 Å². The van der Waals surface area contributed by atoms with Crippen LogP contribution in [0.15, 0.2) is 0 Å². The summed E-state index contributed by atoms with van der Waals surface area (Å²) >= 11 is 1.95. The fourth-order valence-corrected chi connectivity index (χ4v) is 2.40. The molecule has 1 fully saturated rings. The fraction of sp³-hybridized carbons (Fsp3) is 1.00. The van der Waals surface area contributed by atoms with E-state index in [1.54, 1.807) is 0 Å². The van der Waals surface area contributed by atoms with E-state index in [1.807, 2.05) is 11.8 Å². The van der Waals surface area contributed by atoms with Gasteiger partial charge in [-0.2, -0.15) is 11.8 Å². The molecule has 0 aliphatic heterocycles. The molecule has 1 saturated carbocycles. The number of hydrogen-bond donors (Lipinski definition) is 2. The zero-order valence-electron chi connectivity index (χ0n) is 8.51. The molecule has 0 spiro atoms. The Kier molecular flexibility index (Phi) is 5.14. The molecular weight excluding hydrogens is 182 g/mol. The zero-order chi connectivity index (χ0) is 9.57. The van der Waals surface area contributed by atoms with Gasteiger partial charge in [-0.3, -0.25) is 0 Å². The van der Waals surface area contributed by atoms with Crippen molar-refractivity contribution < 1.29 is 5.11 Å². The summed E-state index contributed by atoms with van der Waals surface area (Å²) in [4.78, 5) is 0. The Bertz CT molecular complexity index is 135. The SMILES string of the molecule is CCSCCNCC1(O)CCCC1. The second-order valence-corrected chi connectivity index (χ2v) is 5.20. The highest BCUT2D eigenvalue weighted by atomic mass is 32.2. The van der Waals surface area contributed by atoms with E-state index in [9.17, 15) is 5.11 Å². The van der Waals surface area contributed by atoms with Crippen molar-refractivity contribution in [2.45, 2.75) is 38.2 Å². The number of hydrogen-bond acceptors (Lipinski definition) is 3. The van der Waals surface area contributed by atoms with Gasteiger partial charge >= 0.3 is 0 Å². The first-order chi connectivity index (χ1) is 6.27. The standard InChI is InChI=1S/C10H21NOS/c1-2-13-8-7-11-9-10(12)5-3-4-6-10/h11-12H,2-9H2,1H3. The van der Waals surface area contributed by atoms with Crippen molar-refractivity contribution in [3.8, 4) is 0 Å². The summed E-state index contributed by atoms with van der Waals surface area (Å²) in [5.74, 6) is 2.35. The Morgan fingerprint density at radius 2 is 2.08 bits per heavy atom. The second-order valence-electron chi connectivity index (χ2n) is 3.81. The van der Waals surface area contributed by atoms with E-state index in [0.29, 0.717) is 0 Å². The number of aliphatic hydroxyl groups is 1. The quantitative estimate of drug-likeness (QED) is 0.644. The van der Waals surface area contributed by atoms with E-state index in [2.05, 4.69) is 12.2 Å². The first-order valence-electron chi connectivity index (χ1n) is 5.28. The highest BCUT2D eigenvalue weighted by molar-refractivity contribution is 7.99. The van der Waals surface area contributed by atoms with Crippen LogP contribution in [0.25, 0.3) is 0 Å². The van der Waals surface area contributed by atoms with Gasteiger partial charge in [-0.25, -0.2) is 0 Å². The molecule has 78 valence electrons. The summed E-state index contributed by atoms with van der Waals surface area (Å²) in [5.41, 5.74) is -0.378. The lowest BCUT2D eigenvalue weighted by atomic mass is 10.0. The minimum absolute atomic E-state index is 0.378. The van der Waals surface area contributed by atoms with Gasteiger partial charge in [-0.15, -0.1) is 0 Å². The molecule has 0 bridgehead atoms. The zero-order valence-corrected chi connectivity index (χ0v) is 9.33. The number of nitrogens with one attached hydrogen (secondary N) is 1. The average molecular weight is 203 g/mol. The van der Waals surface area contributed by atoms with Crippen molar-refractivity contribution in [1.82, 2.24) is 5.32 Å². The normalized spacial score (nSPS) is 20.8. The first kappa shape index (κ1) is 11.3. The minimum atomic E-state index is -0.378. The largest absolute Gasteiger partial charge is 0.389 e. The summed E-state index contributed by atoms with van der Waals surface area (Å²) in [7, 11) is 0. The second kappa shape index (κ2) is 5.89. The highest BCUT2D eigenvalue weighted by Gasteiger charge is 2.30. The van der Waals surface area contributed by atoms with Gasteiger partial charge in [-0.05, 0) is 18.6 Å². The van der Waals surface area contributed by atoms with Crippen LogP contribution in [-0.2, 0) is 0 Å². The third-order valence-electron chi connectivity index (χ3n) is 2.62. The number of thioether (sulfide) groups is 1. The van der Waals surface area contributed by atoms with E-state index >= 15 is 0 Å². The van der Waals surface area contributed by atoms with Crippen molar-refractivity contribution >= 4 is 11.8 Å². The van der Waals surface area contributed by atoms with Crippen molar-refractivity contribution in [2.24, 2.45) is 0 Å². The summed E-state index contributed by atoms with van der Waals surface area (Å²) in [6.45, 7) is 3.99. The topological polar surface area (TPSA) is 32.3 Å². The van der Waals surface area contributed by atoms with Crippen LogP contribution >= 0.6 is 11.8 Å². The predicted molar refractivity (Wildman–Crippen MR) is 59.3 cm³/mol. The fourth-order valence-electron chi connectivity index (χ4n) is 1.82. The van der Waals surface area contributed by atoms with Gasteiger partial charge in [0.1, 0.15) is 0 Å². The van der Waals surface area contributed by atoms with Gasteiger partial charge < -0.3 is 10.4 Å². The van der Waals surface area contributed by atoms with Gasteiger partial charge in [0.15, 0.2) is 0 Å². The summed E-state index contributed by atoms with van der Waals surface area (Å²) in [5, 5.41) is 13.3. The molecule has 0 amide bonds. The van der Waals surface area contributed by atoms with Crippen LogP contribution in [0.5, 0.6) is 0 Å². The Hall–Kier alpha value is 0.270. The third-order valence-corrected chi connectivity index (χ3v) is 3.52. The molecule has 0 atom stereocenters. The van der Waals surface area contributed by atoms with E-state index in [-0.39, 0.29) is 5.60 Å². The molecule has 3 heteroatoms. The molecule has 1 aliphatic rings. The summed E-state index contributed by atoms with van der Waals surface area (Å²) < 4.78 is 0. The lowest BCUT2D eigenvalue weighted by molar-refractivity contribution is 0.0484. The Labute approximate surface area is 85.5 Å². The lowest BCUT2D eigenvalue weighted by Crippen LogP contribution is -2.38. The molecule has 13 heavy (non-hydrogen) atoms. The van der Waals surface area contributed by atoms with Gasteiger partial charge in [0, 0.05) is 18.8 Å². The van der Waals surface area contributed by atoms with E-state index in [4.69, 9.17) is 0 Å². The lowest BCUT2D eigenvalue weighted by Gasteiger charge is -2.22. The van der Waals surface area contributed by atoms with Crippen molar-refractivity contribution in [3.05, 3.63) is 0 Å². The van der Waals surface area contributed by atoms with Crippen LogP contribution in [0.4, 0.5) is 0 Å². The molecule has 0 heterocycles. The predicted octanol–water partition coefficient (Wildman–Crippen LogP) is 1.63. The van der Waals surface area contributed by atoms with Crippen molar-refractivity contribution in [3.63, 3.8) is 0 Å². The smallest absolute Gasteiger partial charge is 0.0771 e. The molecule has 0 aromatic rings. The molecular formula is C10H21NOS. The molecule has 0 aromatic heterocycles. The van der Waals surface area contributed by atoms with Crippen LogP contribution in [0.2, 0.25) is 0 Å². The van der Waals surface area contributed by atoms with Crippen LogP contribution in [0.3, 0.4) is 0 Å². The van der Waals surface area contributed by atoms with Crippen LogP contribution in [0.1, 0.15) is 32.6 Å². The van der Waals surface area contributed by atoms with Crippen molar-refractivity contribution in [1.29, 1.82) is 0 Å². The molecule has 1 rings (SSSR count). The molecule has 2 N–H and O–H groups in total. The average Bonchev–Trinajstić information content (AvgIpc) is 2.53. The summed E-state index contributed by atoms with van der Waals surface area (Å²) in [6, 6.07) is 0. The third kappa shape index (κ3) is 4.34. The van der Waals surface area contributed by atoms with Crippen molar-refractivity contribution in [2.75, 3.05) is 24.6 Å². The maximum Gasteiger partial charge on any atom is 0.0771 e. The maximum absolute atomic E-state index is 9.98. The highest BCUT2D eigenvalue weighted by Crippen LogP contribution is 2.28. The number of rotatable bonds is 6. The van der Waals surface area contributed by atoms with Gasteiger partial charge in [0.05, 0.1) is 5.60 Å². The van der Waals surface area contributed by atoms with Crippen LogP contribution in [-0.4, -0.2) is 35.3 Å². The van der Waals surface area contributed by atoms with E-state index < -0.39 is 0 Å². The molecule has 1 aliphatic carbocycles. The first-order valence-corrected chi connectivity index (χ1v) is 6.43. The van der Waals surface area contributed by atoms with Gasteiger partial charge in [-0.1, -0.05) is 19.8 Å². The minimum Gasteiger partial charge on any atom is -0.389 e. The maximum atomic E-state index is 9.98.